The summed E-state index contributed by atoms with van der Waals surface area (Å²) in [5.74, 6) is 0. The average molecular weight is 127 g/mol. The SMILES string of the molecule is CNC1=CCCOCC1. The predicted octanol–water partition coefficient (Wildman–Crippen LogP) is 0.900. The van der Waals surface area contributed by atoms with Crippen molar-refractivity contribution in [3.8, 4) is 0 Å². The first-order valence-electron chi connectivity index (χ1n) is 3.38. The van der Waals surface area contributed by atoms with Crippen LogP contribution in [0.3, 0.4) is 0 Å². The number of hydrogen-bond acceptors (Lipinski definition) is 2. The number of ether oxygens (including phenoxy) is 1. The van der Waals surface area contributed by atoms with Crippen molar-refractivity contribution in [3.05, 3.63) is 11.8 Å². The quantitative estimate of drug-likeness (QED) is 0.565. The van der Waals surface area contributed by atoms with Crippen molar-refractivity contribution >= 4 is 0 Å². The van der Waals surface area contributed by atoms with Crippen LogP contribution in [0.1, 0.15) is 12.8 Å². The topological polar surface area (TPSA) is 21.3 Å². The third kappa shape index (κ3) is 2.06. The third-order valence-electron chi connectivity index (χ3n) is 1.49. The molecular weight excluding hydrogens is 114 g/mol. The third-order valence-corrected chi connectivity index (χ3v) is 1.49. The van der Waals surface area contributed by atoms with Gasteiger partial charge >= 0.3 is 0 Å². The Balaban J connectivity index is 2.37. The van der Waals surface area contributed by atoms with Crippen molar-refractivity contribution in [1.29, 1.82) is 0 Å². The summed E-state index contributed by atoms with van der Waals surface area (Å²) < 4.78 is 5.23. The van der Waals surface area contributed by atoms with Crippen molar-refractivity contribution in [2.45, 2.75) is 12.8 Å². The number of rotatable bonds is 1. The van der Waals surface area contributed by atoms with E-state index in [2.05, 4.69) is 11.4 Å². The van der Waals surface area contributed by atoms with Gasteiger partial charge in [-0.25, -0.2) is 0 Å². The molecule has 0 aromatic rings. The zero-order valence-electron chi connectivity index (χ0n) is 5.81. The molecule has 1 aliphatic heterocycles. The summed E-state index contributed by atoms with van der Waals surface area (Å²) in [7, 11) is 1.96. The van der Waals surface area contributed by atoms with Gasteiger partial charge in [-0.2, -0.15) is 0 Å². The maximum atomic E-state index is 5.23. The molecule has 0 saturated heterocycles. The highest BCUT2D eigenvalue weighted by atomic mass is 16.5. The van der Waals surface area contributed by atoms with Crippen LogP contribution in [-0.4, -0.2) is 20.3 Å². The minimum atomic E-state index is 0.868. The standard InChI is InChI=1S/C7H13NO/c1-8-7-3-2-5-9-6-4-7/h3,8H,2,4-6H2,1H3. The van der Waals surface area contributed by atoms with Gasteiger partial charge in [-0.05, 0) is 6.42 Å². The Hall–Kier alpha value is -0.500. The van der Waals surface area contributed by atoms with Crippen LogP contribution in [0, 0.1) is 0 Å². The van der Waals surface area contributed by atoms with Crippen molar-refractivity contribution in [2.75, 3.05) is 20.3 Å². The fourth-order valence-corrected chi connectivity index (χ4v) is 0.930. The van der Waals surface area contributed by atoms with Crippen LogP contribution in [0.4, 0.5) is 0 Å². The molecule has 0 amide bonds. The van der Waals surface area contributed by atoms with Crippen LogP contribution < -0.4 is 5.32 Å². The summed E-state index contributed by atoms with van der Waals surface area (Å²) >= 11 is 0. The van der Waals surface area contributed by atoms with Crippen LogP contribution in [0.5, 0.6) is 0 Å². The van der Waals surface area contributed by atoms with Crippen LogP contribution in [-0.2, 0) is 4.74 Å². The van der Waals surface area contributed by atoms with Crippen LogP contribution in [0.25, 0.3) is 0 Å². The molecule has 1 rings (SSSR count). The smallest absolute Gasteiger partial charge is 0.0520 e. The van der Waals surface area contributed by atoms with Crippen molar-refractivity contribution in [2.24, 2.45) is 0 Å². The van der Waals surface area contributed by atoms with Crippen molar-refractivity contribution in [1.82, 2.24) is 5.32 Å². The molecule has 2 nitrogen and oxygen atoms in total. The molecule has 2 heteroatoms. The molecule has 0 atom stereocenters. The lowest BCUT2D eigenvalue weighted by atomic mass is 10.3. The second-order valence-electron chi connectivity index (χ2n) is 2.13. The second kappa shape index (κ2) is 3.51. The normalized spacial score (nSPS) is 20.3. The Kier molecular flexibility index (Phi) is 2.58. The summed E-state index contributed by atoms with van der Waals surface area (Å²) in [4.78, 5) is 0. The van der Waals surface area contributed by atoms with Gasteiger partial charge in [0.1, 0.15) is 0 Å². The van der Waals surface area contributed by atoms with E-state index < -0.39 is 0 Å². The monoisotopic (exact) mass is 127 g/mol. The predicted molar refractivity (Wildman–Crippen MR) is 37.2 cm³/mol. The van der Waals surface area contributed by atoms with E-state index in [0.29, 0.717) is 0 Å². The molecule has 0 fully saturated rings. The fourth-order valence-electron chi connectivity index (χ4n) is 0.930. The molecule has 0 unspecified atom stereocenters. The fraction of sp³-hybridized carbons (Fsp3) is 0.714. The van der Waals surface area contributed by atoms with Gasteiger partial charge in [-0.1, -0.05) is 6.08 Å². The van der Waals surface area contributed by atoms with Crippen molar-refractivity contribution in [3.63, 3.8) is 0 Å². The Morgan fingerprint density at radius 1 is 1.56 bits per heavy atom. The van der Waals surface area contributed by atoms with E-state index in [1.165, 1.54) is 5.70 Å². The lowest BCUT2D eigenvalue weighted by Crippen LogP contribution is -2.06. The van der Waals surface area contributed by atoms with E-state index in [4.69, 9.17) is 4.74 Å². The Morgan fingerprint density at radius 3 is 3.22 bits per heavy atom. The molecule has 0 aliphatic carbocycles. The van der Waals surface area contributed by atoms with E-state index in [1.807, 2.05) is 7.05 Å². The molecule has 52 valence electrons. The molecule has 0 spiro atoms. The first kappa shape index (κ1) is 6.62. The maximum absolute atomic E-state index is 5.23. The second-order valence-corrected chi connectivity index (χ2v) is 2.13. The summed E-state index contributed by atoms with van der Waals surface area (Å²) in [5, 5.41) is 3.12. The lowest BCUT2D eigenvalue weighted by molar-refractivity contribution is 0.146. The van der Waals surface area contributed by atoms with Gasteiger partial charge in [0.2, 0.25) is 0 Å². The van der Waals surface area contributed by atoms with E-state index in [1.54, 1.807) is 0 Å². The maximum Gasteiger partial charge on any atom is 0.0520 e. The summed E-state index contributed by atoms with van der Waals surface area (Å²) in [6.45, 7) is 1.75. The van der Waals surface area contributed by atoms with Gasteiger partial charge in [-0.15, -0.1) is 0 Å². The molecule has 0 saturated carbocycles. The van der Waals surface area contributed by atoms with E-state index in [-0.39, 0.29) is 0 Å². The van der Waals surface area contributed by atoms with Gasteiger partial charge in [-0.3, -0.25) is 0 Å². The lowest BCUT2D eigenvalue weighted by Gasteiger charge is -2.00. The van der Waals surface area contributed by atoms with E-state index >= 15 is 0 Å². The van der Waals surface area contributed by atoms with Gasteiger partial charge < -0.3 is 10.1 Å². The average Bonchev–Trinajstić information content (AvgIpc) is 2.13. The zero-order valence-corrected chi connectivity index (χ0v) is 5.81. The summed E-state index contributed by atoms with van der Waals surface area (Å²) in [6.07, 6.45) is 4.29. The largest absolute Gasteiger partial charge is 0.392 e. The molecule has 1 N–H and O–H groups in total. The molecule has 9 heavy (non-hydrogen) atoms. The molecule has 0 radical (unpaired) electrons. The minimum absolute atomic E-state index is 0.868. The van der Waals surface area contributed by atoms with Crippen molar-refractivity contribution < 1.29 is 4.74 Å². The minimum Gasteiger partial charge on any atom is -0.392 e. The highest BCUT2D eigenvalue weighted by Crippen LogP contribution is 2.03. The Morgan fingerprint density at radius 2 is 2.44 bits per heavy atom. The van der Waals surface area contributed by atoms with Gasteiger partial charge in [0, 0.05) is 19.2 Å². The molecule has 1 aliphatic rings. The first-order valence-corrected chi connectivity index (χ1v) is 3.38. The number of hydrogen-bond donors (Lipinski definition) is 1. The first-order chi connectivity index (χ1) is 4.43. The molecular formula is C7H13NO. The van der Waals surface area contributed by atoms with Gasteiger partial charge in [0.15, 0.2) is 0 Å². The van der Waals surface area contributed by atoms with Gasteiger partial charge in [0.05, 0.1) is 13.2 Å². The summed E-state index contributed by atoms with van der Waals surface area (Å²) in [5.41, 5.74) is 1.31. The van der Waals surface area contributed by atoms with Crippen LogP contribution in [0.2, 0.25) is 0 Å². The van der Waals surface area contributed by atoms with E-state index in [9.17, 15) is 0 Å². The molecule has 0 aromatic heterocycles. The highest BCUT2D eigenvalue weighted by Gasteiger charge is 1.98. The Bertz CT molecular complexity index is 109. The van der Waals surface area contributed by atoms with Crippen LogP contribution in [0.15, 0.2) is 11.8 Å². The molecule has 0 aromatic carbocycles. The Labute approximate surface area is 55.9 Å². The molecule has 1 heterocycles. The van der Waals surface area contributed by atoms with Gasteiger partial charge in [0.25, 0.3) is 0 Å². The number of nitrogens with one attached hydrogen (secondary N) is 1. The molecule has 0 bridgehead atoms. The zero-order chi connectivity index (χ0) is 6.53. The van der Waals surface area contributed by atoms with Crippen LogP contribution >= 0.6 is 0 Å². The highest BCUT2D eigenvalue weighted by molar-refractivity contribution is 4.99. The summed E-state index contributed by atoms with van der Waals surface area (Å²) in [6, 6.07) is 0. The van der Waals surface area contributed by atoms with E-state index in [0.717, 1.165) is 26.1 Å².